The summed E-state index contributed by atoms with van der Waals surface area (Å²) in [5, 5.41) is 111. The molecule has 0 aliphatic heterocycles. The summed E-state index contributed by atoms with van der Waals surface area (Å²) < 4.78 is 5.70. The van der Waals surface area contributed by atoms with Gasteiger partial charge in [0.25, 0.3) is 0 Å². The highest BCUT2D eigenvalue weighted by Gasteiger charge is 2.71. The smallest absolute Gasteiger partial charge is 0.306 e. The maximum absolute atomic E-state index is 16.0. The lowest BCUT2D eigenvalue weighted by Crippen LogP contribution is -2.57. The van der Waals surface area contributed by atoms with Crippen molar-refractivity contribution in [1.29, 1.82) is 0 Å². The number of ether oxygens (including phenoxy) is 1. The van der Waals surface area contributed by atoms with Gasteiger partial charge in [-0.1, -0.05) is 5.16 Å². The van der Waals surface area contributed by atoms with Crippen molar-refractivity contribution in [1.82, 2.24) is 0 Å². The molecule has 28 aromatic carbocycles. The van der Waals surface area contributed by atoms with Crippen LogP contribution in [-0.4, -0.2) is 28.6 Å². The van der Waals surface area contributed by atoms with Crippen molar-refractivity contribution < 1.29 is 19.8 Å². The van der Waals surface area contributed by atoms with E-state index in [1.165, 1.54) is 259 Å². The molecule has 0 radical (unpaired) electrons. The second-order valence-corrected chi connectivity index (χ2v) is 25.1. The SMILES string of the molecule is CCOC(=O)CC/C(=N\O)C12c3c4c5c6c7c8c(c9c%10c1c1c3c3c%11c4c4c5c5c7c7c%12c8c8c9c9c%10c%10c1c1c3c3c%11c%11c4c4c5c7c5c7c%12c8c8c9c9c%10c1c1c3c3c%11c4c5c4c7c8c9c1c34)C62O. The van der Waals surface area contributed by atoms with Crippen LogP contribution in [0.4, 0.5) is 0 Å². The maximum Gasteiger partial charge on any atom is 0.306 e. The fourth-order valence-electron chi connectivity index (χ4n) is 24.5. The summed E-state index contributed by atoms with van der Waals surface area (Å²) >= 11 is 0. The van der Waals surface area contributed by atoms with E-state index in [-0.39, 0.29) is 25.4 Å². The van der Waals surface area contributed by atoms with Gasteiger partial charge < -0.3 is 15.1 Å². The number of rotatable bonds is 5. The minimum Gasteiger partial charge on any atom is -0.466 e. The van der Waals surface area contributed by atoms with E-state index in [2.05, 4.69) is 5.16 Å². The average Bonchev–Trinajstić information content (AvgIpc) is 4.31. The van der Waals surface area contributed by atoms with Gasteiger partial charge in [0.05, 0.1) is 18.7 Å². The normalized spacial score (nSPS) is 21.9. The molecule has 304 valence electrons. The molecule has 5 heteroatoms. The second kappa shape index (κ2) is 6.30. The third kappa shape index (κ3) is 1.49. The molecule has 0 fully saturated rings. The Labute approximate surface area is 385 Å². The van der Waals surface area contributed by atoms with Crippen LogP contribution in [-0.2, 0) is 20.5 Å². The van der Waals surface area contributed by atoms with E-state index < -0.39 is 11.0 Å². The van der Waals surface area contributed by atoms with E-state index in [0.717, 1.165) is 22.3 Å². The monoisotopic (exact) mass is 881 g/mol. The minimum absolute atomic E-state index is 0.0663. The molecule has 0 saturated carbocycles. The number of benzene rings is 18. The molecule has 0 heterocycles. The number of esters is 1. The number of nitrogens with zero attached hydrogens (tertiary/aromatic N) is 1. The van der Waals surface area contributed by atoms with Crippen molar-refractivity contribution in [3.8, 4) is 0 Å². The fourth-order valence-corrected chi connectivity index (χ4v) is 24.5. The number of carbonyl (C=O) groups excluding carboxylic acids is 1. The molecule has 71 heavy (non-hydrogen) atoms. The first kappa shape index (κ1) is 27.5. The van der Waals surface area contributed by atoms with Crippen LogP contribution >= 0.6 is 0 Å². The highest BCUT2D eigenvalue weighted by Crippen LogP contribution is 2.84. The Morgan fingerprint density at radius 3 is 0.690 bits per heavy atom. The van der Waals surface area contributed by atoms with Crippen LogP contribution < -0.4 is 0 Å². The predicted octanol–water partition coefficient (Wildman–Crippen LogP) is 16.4. The summed E-state index contributed by atoms with van der Waals surface area (Å²) in [6.45, 7) is 2.15. The molecule has 0 atom stereocenters. The molecule has 0 saturated heterocycles. The number of hydrogen-bond donors (Lipinski definition) is 2. The summed E-state index contributed by atoms with van der Waals surface area (Å²) in [7, 11) is 0. The van der Waals surface area contributed by atoms with Crippen molar-refractivity contribution in [2.45, 2.75) is 30.8 Å². The molecule has 0 bridgehead atoms. The summed E-state index contributed by atoms with van der Waals surface area (Å²) in [4.78, 5) is 13.8. The molecule has 0 amide bonds. The Kier molecular flexibility index (Phi) is 2.44. The minimum atomic E-state index is -1.63. The summed E-state index contributed by atoms with van der Waals surface area (Å²) in [5.74, 6) is -0.301. The van der Waals surface area contributed by atoms with E-state index >= 15 is 5.11 Å². The number of carbonyl (C=O) groups is 1. The van der Waals surface area contributed by atoms with Gasteiger partial charge in [0.2, 0.25) is 0 Å². The molecule has 0 aromatic heterocycles. The van der Waals surface area contributed by atoms with Gasteiger partial charge in [-0.25, -0.2) is 0 Å². The first-order chi connectivity index (χ1) is 35.2. The Bertz CT molecular complexity index is 7050. The van der Waals surface area contributed by atoms with Crippen molar-refractivity contribution in [2.24, 2.45) is 5.16 Å². The first-order valence-electron chi connectivity index (χ1n) is 26.0. The summed E-state index contributed by atoms with van der Waals surface area (Å²) in [6.07, 6.45) is 0.242. The lowest BCUT2D eigenvalue weighted by molar-refractivity contribution is -0.142. The molecular formula is C66H11NO4. The van der Waals surface area contributed by atoms with E-state index in [1.807, 2.05) is 6.92 Å². The topological polar surface area (TPSA) is 79.1 Å². The first-order valence-corrected chi connectivity index (χ1v) is 26.0. The standard InChI is InChI=1S/C66H11NO4/c1-2-71-6(68)4-3-5(67-70)65-61-53-45-35-25-17-9-7-8-11-15-13(9)21-29-23(15)33-27-19(11)20-12(8)16-14-10(7)18(17)26-32-22(14)30-24(16)34-28(20)38-37(27)49-43(33)51-41(29)47(39(45)31(21)25)55(61)57(51)63-59(49)60-50(38)44(34)52-42(30)48-40(32)46(36(26)35)54(53)62(65)56(48)58(52)64(60)66(63,65)69/h69-70H,2-4H2,1H3/b67-5+. The van der Waals surface area contributed by atoms with Crippen LogP contribution in [0.15, 0.2) is 5.16 Å². The average molecular weight is 882 g/mol. The quantitative estimate of drug-likeness (QED) is 0.0593. The Morgan fingerprint density at radius 1 is 0.324 bits per heavy atom. The second-order valence-electron chi connectivity index (χ2n) is 25.1. The van der Waals surface area contributed by atoms with Crippen molar-refractivity contribution in [3.63, 3.8) is 0 Å². The largest absolute Gasteiger partial charge is 0.466 e. The molecule has 0 spiro atoms. The van der Waals surface area contributed by atoms with E-state index in [1.54, 1.807) is 32.3 Å². The summed E-state index contributed by atoms with van der Waals surface area (Å²) in [6, 6.07) is 0. The number of hydrogen-bond acceptors (Lipinski definition) is 5. The van der Waals surface area contributed by atoms with Crippen molar-refractivity contribution in [2.75, 3.05) is 6.61 Å². The van der Waals surface area contributed by atoms with Gasteiger partial charge in [-0.2, -0.15) is 0 Å². The molecule has 0 unspecified atom stereocenters. The van der Waals surface area contributed by atoms with Gasteiger partial charge in [-0.05, 0) is 309 Å². The molecule has 32 rings (SSSR count). The van der Waals surface area contributed by atoms with Gasteiger partial charge in [0.15, 0.2) is 0 Å². The molecule has 4 aliphatic carbocycles. The van der Waals surface area contributed by atoms with E-state index in [4.69, 9.17) is 4.74 Å². The highest BCUT2D eigenvalue weighted by molar-refractivity contribution is 6.82. The van der Waals surface area contributed by atoms with Crippen molar-refractivity contribution >= 4 is 303 Å². The zero-order valence-corrected chi connectivity index (χ0v) is 36.3. The molecule has 2 N–H and O–H groups in total. The lowest BCUT2D eigenvalue weighted by Gasteiger charge is -2.51. The Hall–Kier alpha value is -8.64. The molecule has 4 aliphatic rings. The third-order valence-electron chi connectivity index (χ3n) is 24.7. The van der Waals surface area contributed by atoms with Crippen LogP contribution in [0.5, 0.6) is 0 Å². The Morgan fingerprint density at radius 2 is 0.507 bits per heavy atom. The molecule has 28 aromatic rings. The van der Waals surface area contributed by atoms with Gasteiger partial charge in [-0.15, -0.1) is 0 Å². The highest BCUT2D eigenvalue weighted by atomic mass is 16.5. The van der Waals surface area contributed by atoms with Crippen molar-refractivity contribution in [3.05, 3.63) is 22.3 Å². The Balaban J connectivity index is 1.16. The number of oxime groups is 1. The van der Waals surface area contributed by atoms with E-state index in [9.17, 15) is 10.0 Å². The van der Waals surface area contributed by atoms with Crippen LogP contribution in [0.3, 0.4) is 0 Å². The maximum atomic E-state index is 16.0. The van der Waals surface area contributed by atoms with Crippen LogP contribution in [0.1, 0.15) is 42.0 Å². The van der Waals surface area contributed by atoms with Gasteiger partial charge in [0.1, 0.15) is 11.0 Å². The van der Waals surface area contributed by atoms with Gasteiger partial charge in [-0.3, -0.25) is 4.79 Å². The summed E-state index contributed by atoms with van der Waals surface area (Å²) in [5.41, 5.74) is 2.00. The van der Waals surface area contributed by atoms with Gasteiger partial charge in [0, 0.05) is 17.5 Å². The predicted molar refractivity (Wildman–Crippen MR) is 291 cm³/mol. The molecular weight excluding hydrogens is 871 g/mol. The van der Waals surface area contributed by atoms with Crippen LogP contribution in [0, 0.1) is 0 Å². The van der Waals surface area contributed by atoms with Crippen LogP contribution in [0.25, 0.3) is 291 Å². The molecule has 5 nitrogen and oxygen atoms in total. The number of aliphatic hydroxyl groups is 1. The zero-order valence-electron chi connectivity index (χ0n) is 36.3. The van der Waals surface area contributed by atoms with E-state index in [0.29, 0.717) is 5.71 Å². The lowest BCUT2D eigenvalue weighted by atomic mass is 9.52. The third-order valence-corrected chi connectivity index (χ3v) is 24.7. The van der Waals surface area contributed by atoms with Gasteiger partial charge >= 0.3 is 5.97 Å². The van der Waals surface area contributed by atoms with Crippen LogP contribution in [0.2, 0.25) is 0 Å². The fraction of sp³-hybridized carbons (Fsp3) is 0.0909. The zero-order chi connectivity index (χ0) is 43.2.